The Morgan fingerprint density at radius 2 is 1.92 bits per heavy atom. The van der Waals surface area contributed by atoms with Crippen LogP contribution < -0.4 is 5.32 Å². The fourth-order valence-electron chi connectivity index (χ4n) is 1.98. The molecule has 1 amide bonds. The molecule has 0 aliphatic rings. The maximum atomic E-state index is 12.2. The van der Waals surface area contributed by atoms with Crippen LogP contribution >= 0.6 is 23.2 Å². The third kappa shape index (κ3) is 4.27. The molecule has 1 N–H and O–H groups in total. The van der Waals surface area contributed by atoms with Gasteiger partial charge in [-0.15, -0.1) is 0 Å². The summed E-state index contributed by atoms with van der Waals surface area (Å²) in [6.07, 6.45) is 0.570. The highest BCUT2D eigenvalue weighted by molar-refractivity contribution is 6.35. The van der Waals surface area contributed by atoms with Crippen LogP contribution in [0, 0.1) is 0 Å². The highest BCUT2D eigenvalue weighted by Gasteiger charge is 2.22. The zero-order valence-corrected chi connectivity index (χ0v) is 14.9. The number of halogens is 2. The standard InChI is InChI=1S/C16H17Cl2N3O3/c1-9(2)21-14(6-7-19-21)20-15(22)10(3)24-16(23)12-8-11(17)4-5-13(12)18/h4-10H,1-3H3,(H,20,22)/t10-/m0/s1. The van der Waals surface area contributed by atoms with E-state index in [1.165, 1.54) is 19.1 Å². The van der Waals surface area contributed by atoms with E-state index >= 15 is 0 Å². The molecule has 0 saturated heterocycles. The number of ether oxygens (including phenoxy) is 1. The number of nitrogens with one attached hydrogen (secondary N) is 1. The summed E-state index contributed by atoms with van der Waals surface area (Å²) in [5, 5.41) is 7.35. The van der Waals surface area contributed by atoms with E-state index in [1.54, 1.807) is 23.0 Å². The van der Waals surface area contributed by atoms with E-state index in [2.05, 4.69) is 10.4 Å². The Balaban J connectivity index is 2.04. The van der Waals surface area contributed by atoms with Crippen molar-refractivity contribution in [3.05, 3.63) is 46.1 Å². The monoisotopic (exact) mass is 369 g/mol. The summed E-state index contributed by atoms with van der Waals surface area (Å²) in [6.45, 7) is 5.35. The summed E-state index contributed by atoms with van der Waals surface area (Å²) < 4.78 is 6.81. The minimum absolute atomic E-state index is 0.0819. The van der Waals surface area contributed by atoms with Gasteiger partial charge in [0.05, 0.1) is 16.8 Å². The molecule has 8 heteroatoms. The molecule has 0 aliphatic carbocycles. The third-order valence-corrected chi connectivity index (χ3v) is 3.78. The molecule has 6 nitrogen and oxygen atoms in total. The molecular weight excluding hydrogens is 353 g/mol. The summed E-state index contributed by atoms with van der Waals surface area (Å²) in [4.78, 5) is 24.4. The van der Waals surface area contributed by atoms with Crippen LogP contribution in [0.4, 0.5) is 5.82 Å². The van der Waals surface area contributed by atoms with Gasteiger partial charge in [-0.1, -0.05) is 23.2 Å². The molecule has 1 heterocycles. The quantitative estimate of drug-likeness (QED) is 0.809. The Labute approximate surface area is 149 Å². The summed E-state index contributed by atoms with van der Waals surface area (Å²) >= 11 is 11.8. The van der Waals surface area contributed by atoms with Gasteiger partial charge >= 0.3 is 5.97 Å². The van der Waals surface area contributed by atoms with E-state index in [0.717, 1.165) is 0 Å². The predicted molar refractivity (Wildman–Crippen MR) is 92.6 cm³/mol. The van der Waals surface area contributed by atoms with E-state index in [1.807, 2.05) is 13.8 Å². The van der Waals surface area contributed by atoms with Gasteiger partial charge in [0.1, 0.15) is 5.82 Å². The van der Waals surface area contributed by atoms with E-state index in [9.17, 15) is 9.59 Å². The molecule has 0 bridgehead atoms. The number of anilines is 1. The maximum Gasteiger partial charge on any atom is 0.340 e. The Bertz CT molecular complexity index is 759. The molecule has 1 atom stereocenters. The van der Waals surface area contributed by atoms with E-state index in [0.29, 0.717) is 10.8 Å². The van der Waals surface area contributed by atoms with Gasteiger partial charge in [0, 0.05) is 17.1 Å². The first-order valence-corrected chi connectivity index (χ1v) is 8.05. The molecule has 2 rings (SSSR count). The molecule has 2 aromatic rings. The number of aromatic nitrogens is 2. The van der Waals surface area contributed by atoms with Crippen molar-refractivity contribution in [3.63, 3.8) is 0 Å². The maximum absolute atomic E-state index is 12.2. The van der Waals surface area contributed by atoms with Gasteiger partial charge in [-0.25, -0.2) is 9.48 Å². The molecule has 1 aromatic carbocycles. The molecule has 128 valence electrons. The number of hydrogen-bond acceptors (Lipinski definition) is 4. The van der Waals surface area contributed by atoms with Gasteiger partial charge in [-0.2, -0.15) is 5.10 Å². The predicted octanol–water partition coefficient (Wildman–Crippen LogP) is 3.95. The smallest absolute Gasteiger partial charge is 0.340 e. The minimum Gasteiger partial charge on any atom is -0.449 e. The van der Waals surface area contributed by atoms with Crippen molar-refractivity contribution in [1.82, 2.24) is 9.78 Å². The molecule has 0 unspecified atom stereocenters. The van der Waals surface area contributed by atoms with Crippen LogP contribution in [0.2, 0.25) is 10.0 Å². The molecule has 0 spiro atoms. The highest BCUT2D eigenvalue weighted by atomic mass is 35.5. The summed E-state index contributed by atoms with van der Waals surface area (Å²) in [5.74, 6) is -0.662. The van der Waals surface area contributed by atoms with Gasteiger partial charge in [-0.3, -0.25) is 4.79 Å². The number of amides is 1. The van der Waals surface area contributed by atoms with E-state index < -0.39 is 18.0 Å². The average molecular weight is 370 g/mol. The fraction of sp³-hybridized carbons (Fsp3) is 0.312. The lowest BCUT2D eigenvalue weighted by Crippen LogP contribution is -2.31. The largest absolute Gasteiger partial charge is 0.449 e. The first-order chi connectivity index (χ1) is 11.3. The second-order valence-electron chi connectivity index (χ2n) is 5.42. The minimum atomic E-state index is -1.01. The van der Waals surface area contributed by atoms with E-state index in [4.69, 9.17) is 27.9 Å². The molecule has 0 radical (unpaired) electrons. The van der Waals surface area contributed by atoms with Crippen molar-refractivity contribution in [2.24, 2.45) is 0 Å². The normalized spacial score (nSPS) is 12.1. The van der Waals surface area contributed by atoms with Crippen LogP contribution in [0.25, 0.3) is 0 Å². The van der Waals surface area contributed by atoms with Crippen LogP contribution in [0.1, 0.15) is 37.2 Å². The summed E-state index contributed by atoms with van der Waals surface area (Å²) in [5.41, 5.74) is 0.107. The third-order valence-electron chi connectivity index (χ3n) is 3.21. The Kier molecular flexibility index (Phi) is 5.85. The first kappa shape index (κ1) is 18.3. The fourth-order valence-corrected chi connectivity index (χ4v) is 2.35. The van der Waals surface area contributed by atoms with Gasteiger partial charge in [0.15, 0.2) is 6.10 Å². The van der Waals surface area contributed by atoms with Crippen LogP contribution in [-0.2, 0) is 9.53 Å². The highest BCUT2D eigenvalue weighted by Crippen LogP contribution is 2.22. The van der Waals surface area contributed by atoms with Crippen molar-refractivity contribution in [3.8, 4) is 0 Å². The molecule has 0 fully saturated rings. The van der Waals surface area contributed by atoms with Crippen molar-refractivity contribution in [1.29, 1.82) is 0 Å². The summed E-state index contributed by atoms with van der Waals surface area (Å²) in [6, 6.07) is 6.19. The number of carbonyl (C=O) groups is 2. The molecule has 0 aliphatic heterocycles. The first-order valence-electron chi connectivity index (χ1n) is 7.30. The molecule has 24 heavy (non-hydrogen) atoms. The Hall–Kier alpha value is -2.05. The average Bonchev–Trinajstić information content (AvgIpc) is 2.97. The van der Waals surface area contributed by atoms with Crippen LogP contribution in [0.5, 0.6) is 0 Å². The number of hydrogen-bond donors (Lipinski definition) is 1. The van der Waals surface area contributed by atoms with Gasteiger partial charge in [0.2, 0.25) is 0 Å². The second-order valence-corrected chi connectivity index (χ2v) is 6.26. The number of rotatable bonds is 5. The van der Waals surface area contributed by atoms with Crippen LogP contribution in [0.15, 0.2) is 30.5 Å². The van der Waals surface area contributed by atoms with Gasteiger partial charge < -0.3 is 10.1 Å². The molecule has 1 aromatic heterocycles. The lowest BCUT2D eigenvalue weighted by atomic mass is 10.2. The molecular formula is C16H17Cl2N3O3. The zero-order valence-electron chi connectivity index (χ0n) is 13.4. The summed E-state index contributed by atoms with van der Waals surface area (Å²) in [7, 11) is 0. The Morgan fingerprint density at radius 3 is 2.58 bits per heavy atom. The number of benzene rings is 1. The van der Waals surface area contributed by atoms with Crippen molar-refractivity contribution >= 4 is 40.9 Å². The second kappa shape index (κ2) is 7.68. The van der Waals surface area contributed by atoms with Crippen molar-refractivity contribution < 1.29 is 14.3 Å². The lowest BCUT2D eigenvalue weighted by Gasteiger charge is -2.16. The number of esters is 1. The van der Waals surface area contributed by atoms with Crippen molar-refractivity contribution in [2.75, 3.05) is 5.32 Å². The number of carbonyl (C=O) groups excluding carboxylic acids is 2. The van der Waals surface area contributed by atoms with Crippen molar-refractivity contribution in [2.45, 2.75) is 32.9 Å². The SMILES string of the molecule is CC(C)n1nccc1NC(=O)[C@H](C)OC(=O)c1cc(Cl)ccc1Cl. The van der Waals surface area contributed by atoms with Crippen LogP contribution in [0.3, 0.4) is 0 Å². The molecule has 0 saturated carbocycles. The zero-order chi connectivity index (χ0) is 17.9. The van der Waals surface area contributed by atoms with Gasteiger partial charge in [-0.05, 0) is 39.0 Å². The topological polar surface area (TPSA) is 73.2 Å². The van der Waals surface area contributed by atoms with Gasteiger partial charge in [0.25, 0.3) is 5.91 Å². The lowest BCUT2D eigenvalue weighted by molar-refractivity contribution is -0.123. The Morgan fingerprint density at radius 1 is 1.21 bits per heavy atom. The van der Waals surface area contributed by atoms with E-state index in [-0.39, 0.29) is 16.6 Å². The van der Waals surface area contributed by atoms with Crippen LogP contribution in [-0.4, -0.2) is 27.8 Å². The number of nitrogens with zero attached hydrogens (tertiary/aromatic N) is 2.